The molecule has 0 aliphatic heterocycles. The topological polar surface area (TPSA) is 19.7 Å². The molecule has 0 bridgehead atoms. The largest absolute Gasteiger partial charge is 0.309 e. The van der Waals surface area contributed by atoms with Gasteiger partial charge in [-0.2, -0.15) is 0 Å². The van der Waals surface area contributed by atoms with E-state index in [2.05, 4.69) is 447 Å². The number of rotatable bonds is 8. The third-order valence-electron chi connectivity index (χ3n) is 26.3. The van der Waals surface area contributed by atoms with E-state index in [4.69, 9.17) is 5.48 Å². The van der Waals surface area contributed by atoms with E-state index in [1.54, 1.807) is 6.92 Å². The summed E-state index contributed by atoms with van der Waals surface area (Å²) in [6.45, 7) is 29.3. The maximum absolute atomic E-state index is 8.79. The third-order valence-corrected chi connectivity index (χ3v) is 27.4. The Morgan fingerprint density at radius 3 is 1.06 bits per heavy atom. The lowest BCUT2D eigenvalue weighted by Crippen LogP contribution is -2.15. The number of hydrogen-bond acceptors (Lipinski definition) is 1. The summed E-state index contributed by atoms with van der Waals surface area (Å²) in [7, 11) is 0. The number of fused-ring (bicyclic) bond motifs is 18. The second kappa shape index (κ2) is 33.2. The van der Waals surface area contributed by atoms with Crippen LogP contribution in [0.5, 0.6) is 0 Å². The molecule has 4 nitrogen and oxygen atoms in total. The van der Waals surface area contributed by atoms with Gasteiger partial charge in [-0.25, -0.2) is 0 Å². The molecule has 18 aromatic carbocycles. The van der Waals surface area contributed by atoms with Gasteiger partial charge in [0.1, 0.15) is 0 Å². The molecule has 5 heteroatoms. The molecule has 131 heavy (non-hydrogen) atoms. The van der Waals surface area contributed by atoms with E-state index < -0.39 is 0 Å². The van der Waals surface area contributed by atoms with E-state index in [9.17, 15) is 0 Å². The SMILES string of the molecule is CC(C)(C)c1c(-c2cccc3c2-c2ccccc2C3)cccc1-c1cccc2sc3ccccc3c12.CC(C)(C)c1c(-c2ccccc2)ccc2c1c1ccccc1n2-c1ccccc1.CC(C)(C)c1c2c3ccccc3n(-c3ccccc3)c2cc2c1c1ccccc1n2-c1ccccc1.[2H]c1c([2H])c(C)c([2H])c(-c2ccc3c(c2C(C)(C)C)c2ccccc2n3-c2ccccc2)c1[2H]. The number of benzene rings is 18. The normalized spacial score (nSPS) is 12.7. The van der Waals surface area contributed by atoms with Crippen LogP contribution in [-0.2, 0) is 28.1 Å². The molecule has 1 aliphatic carbocycles. The second-order valence-electron chi connectivity index (χ2n) is 39.1. The molecule has 0 fully saturated rings. The number of hydrogen-bond donors (Lipinski definition) is 0. The van der Waals surface area contributed by atoms with Gasteiger partial charge in [-0.1, -0.05) is 392 Å². The molecule has 0 saturated heterocycles. The lowest BCUT2D eigenvalue weighted by molar-refractivity contribution is 0.594. The first kappa shape index (κ1) is 78.6. The highest BCUT2D eigenvalue weighted by Gasteiger charge is 2.34. The molecule has 0 unspecified atom stereocenters. The van der Waals surface area contributed by atoms with Gasteiger partial charge in [0.05, 0.1) is 49.6 Å². The predicted molar refractivity (Wildman–Crippen MR) is 566 cm³/mol. The lowest BCUT2D eigenvalue weighted by Gasteiger charge is -2.28. The second-order valence-corrected chi connectivity index (χ2v) is 40.2. The molecule has 5 aromatic heterocycles. The van der Waals surface area contributed by atoms with Crippen molar-refractivity contribution >= 4 is 119 Å². The maximum Gasteiger partial charge on any atom is 0.0632 e. The lowest BCUT2D eigenvalue weighted by atomic mass is 9.76. The summed E-state index contributed by atoms with van der Waals surface area (Å²) in [6, 6.07) is 137. The van der Waals surface area contributed by atoms with Crippen molar-refractivity contribution in [2.75, 3.05) is 0 Å². The van der Waals surface area contributed by atoms with E-state index in [0.717, 1.165) is 45.0 Å². The van der Waals surface area contributed by atoms with Gasteiger partial charge in [0.25, 0.3) is 0 Å². The molecule has 0 spiro atoms. The summed E-state index contributed by atoms with van der Waals surface area (Å²) in [5.41, 5.74) is 34.5. The molecule has 0 atom stereocenters. The van der Waals surface area contributed by atoms with Crippen LogP contribution in [0.2, 0.25) is 0 Å². The molecule has 0 N–H and O–H groups in total. The van der Waals surface area contributed by atoms with Crippen molar-refractivity contribution in [2.45, 2.75) is 118 Å². The first-order chi connectivity index (χ1) is 65.2. The number of thiophene rings is 1. The zero-order valence-corrected chi connectivity index (χ0v) is 77.6. The Labute approximate surface area is 778 Å². The van der Waals surface area contributed by atoms with Crippen LogP contribution in [0.4, 0.5) is 0 Å². The number of aromatic nitrogens is 4. The minimum absolute atomic E-state index is 0.0102. The molecule has 638 valence electrons. The van der Waals surface area contributed by atoms with Crippen LogP contribution in [0.3, 0.4) is 0 Å². The Kier molecular flexibility index (Phi) is 19.9. The molecule has 0 saturated carbocycles. The van der Waals surface area contributed by atoms with Gasteiger partial charge in [-0.3, -0.25) is 0 Å². The molecular formula is C126H108N4S. The summed E-state index contributed by atoms with van der Waals surface area (Å²) < 4.78 is 46.2. The van der Waals surface area contributed by atoms with Crippen LogP contribution >= 0.6 is 11.3 Å². The minimum atomic E-state index is -0.297. The van der Waals surface area contributed by atoms with Crippen molar-refractivity contribution in [1.29, 1.82) is 0 Å². The van der Waals surface area contributed by atoms with E-state index in [1.165, 1.54) is 175 Å². The monoisotopic (exact) mass is 1710 g/mol. The number of para-hydroxylation sites is 8. The minimum Gasteiger partial charge on any atom is -0.309 e. The Bertz CT molecular complexity index is 8420. The van der Waals surface area contributed by atoms with Gasteiger partial charge in [0.15, 0.2) is 0 Å². The Morgan fingerprint density at radius 1 is 0.244 bits per heavy atom. The van der Waals surface area contributed by atoms with E-state index in [-0.39, 0.29) is 45.8 Å². The van der Waals surface area contributed by atoms with Crippen molar-refractivity contribution in [2.24, 2.45) is 0 Å². The standard InChI is InChI=1S/C35H28S.C34H28N2.C29H27N.C28H25N/c1-35(2,3)34-27(25-15-8-12-23-21-22-11-4-5-13-24(22)32(23)25)17-9-18-28(34)26-16-10-20-31-33(26)29-14-6-7-19-30(29)36-31;1-34(2,3)33-31-25-18-10-12-20-27(25)35(23-14-6-4-7-15-23)29(31)22-30-32(33)26-19-11-13-21-28(26)36(30)24-16-8-5-9-17-24;1-20-11-10-12-21(19-20)23-17-18-26-27(28(23)29(2,3)4)24-15-8-9-16-25(24)30(26)22-13-6-5-7-14-22;1-28(2,3)27-22(20-12-6-4-7-13-20)18-19-25-26(27)23-16-10-11-17-24(23)29(25)21-14-8-5-9-15-21/h4-20H,21H2,1-3H3;4-22H,1-3H3;5-19H,1-4H3;4-19H,1-3H3/i;;10D,11D,12D,19D;. The fourth-order valence-electron chi connectivity index (χ4n) is 21.3. The average molecular weight is 1710 g/mol. The highest BCUT2D eigenvalue weighted by atomic mass is 32.1. The van der Waals surface area contributed by atoms with Crippen molar-refractivity contribution in [1.82, 2.24) is 18.3 Å². The van der Waals surface area contributed by atoms with Gasteiger partial charge < -0.3 is 18.3 Å². The molecule has 0 radical (unpaired) electrons. The quantitative estimate of drug-likeness (QED) is 0.144. The van der Waals surface area contributed by atoms with Crippen molar-refractivity contribution < 1.29 is 5.48 Å². The van der Waals surface area contributed by atoms with Crippen LogP contribution in [0.15, 0.2) is 406 Å². The van der Waals surface area contributed by atoms with Gasteiger partial charge in [-0.05, 0) is 227 Å². The summed E-state index contributed by atoms with van der Waals surface area (Å²) in [5.74, 6) is 0. The van der Waals surface area contributed by atoms with Crippen molar-refractivity contribution in [3.8, 4) is 78.4 Å². The molecule has 24 rings (SSSR count). The highest BCUT2D eigenvalue weighted by molar-refractivity contribution is 7.26. The molecule has 0 amide bonds. The van der Waals surface area contributed by atoms with Gasteiger partial charge in [0, 0.05) is 86.0 Å². The third kappa shape index (κ3) is 14.7. The van der Waals surface area contributed by atoms with Crippen LogP contribution in [0, 0.1) is 6.92 Å². The zero-order chi connectivity index (χ0) is 93.3. The Balaban J connectivity index is 0.000000108. The first-order valence-electron chi connectivity index (χ1n) is 47.9. The summed E-state index contributed by atoms with van der Waals surface area (Å²) in [5, 5.41) is 12.9. The highest BCUT2D eigenvalue weighted by Crippen LogP contribution is 2.53. The predicted octanol–water partition coefficient (Wildman–Crippen LogP) is 35.2. The van der Waals surface area contributed by atoms with Crippen molar-refractivity contribution in [3.63, 3.8) is 0 Å². The molecular weight excluding hydrogens is 1600 g/mol. The van der Waals surface area contributed by atoms with Crippen LogP contribution < -0.4 is 0 Å². The first-order valence-corrected chi connectivity index (χ1v) is 46.8. The Hall–Kier alpha value is -14.6. The number of nitrogens with zero attached hydrogens (tertiary/aromatic N) is 4. The van der Waals surface area contributed by atoms with Crippen LogP contribution in [-0.4, -0.2) is 18.3 Å². The van der Waals surface area contributed by atoms with Crippen molar-refractivity contribution in [3.05, 3.63) is 445 Å². The average Bonchev–Trinajstić information content (AvgIpc) is 1.54. The molecule has 5 heterocycles. The zero-order valence-electron chi connectivity index (χ0n) is 80.8. The fraction of sp³-hybridized carbons (Fsp3) is 0.143. The maximum atomic E-state index is 8.79. The van der Waals surface area contributed by atoms with Gasteiger partial charge in [-0.15, -0.1) is 11.3 Å². The summed E-state index contributed by atoms with van der Waals surface area (Å²) in [4.78, 5) is 0. The van der Waals surface area contributed by atoms with Crippen LogP contribution in [0.25, 0.3) is 186 Å². The van der Waals surface area contributed by atoms with E-state index in [0.29, 0.717) is 11.1 Å². The van der Waals surface area contributed by atoms with E-state index >= 15 is 0 Å². The Morgan fingerprint density at radius 2 is 0.588 bits per heavy atom. The van der Waals surface area contributed by atoms with Gasteiger partial charge >= 0.3 is 0 Å². The van der Waals surface area contributed by atoms with Crippen LogP contribution in [0.1, 0.15) is 128 Å². The smallest absolute Gasteiger partial charge is 0.0632 e. The van der Waals surface area contributed by atoms with E-state index in [1.807, 2.05) is 47.7 Å². The van der Waals surface area contributed by atoms with Gasteiger partial charge in [0.2, 0.25) is 0 Å². The fourth-order valence-corrected chi connectivity index (χ4v) is 22.4. The summed E-state index contributed by atoms with van der Waals surface area (Å²) >= 11 is 1.89. The summed E-state index contributed by atoms with van der Waals surface area (Å²) in [6.07, 6.45) is 1.02. The molecule has 23 aromatic rings. The molecule has 1 aliphatic rings.